The highest BCUT2D eigenvalue weighted by Gasteiger charge is 2.06. The number of aromatic nitrogens is 1. The Morgan fingerprint density at radius 1 is 1.25 bits per heavy atom. The maximum Gasteiger partial charge on any atom is 0.147 e. The van der Waals surface area contributed by atoms with Crippen LogP contribution in [0.4, 0.5) is 4.39 Å². The van der Waals surface area contributed by atoms with Crippen LogP contribution in [-0.4, -0.2) is 4.98 Å². The van der Waals surface area contributed by atoms with Gasteiger partial charge < -0.3 is 4.98 Å². The highest BCUT2D eigenvalue weighted by atomic mass is 35.5. The molecule has 12 heavy (non-hydrogen) atoms. The predicted octanol–water partition coefficient (Wildman–Crippen LogP) is 3.61. The van der Waals surface area contributed by atoms with Crippen molar-refractivity contribution in [3.63, 3.8) is 0 Å². The van der Waals surface area contributed by atoms with Gasteiger partial charge in [-0.25, -0.2) is 4.39 Å². The zero-order valence-corrected chi connectivity index (χ0v) is 7.38. The van der Waals surface area contributed by atoms with E-state index >= 15 is 0 Å². The van der Waals surface area contributed by atoms with Crippen molar-refractivity contribution in [2.24, 2.45) is 0 Å². The largest absolute Gasteiger partial charge is 0.343 e. The van der Waals surface area contributed by atoms with E-state index in [2.05, 4.69) is 4.98 Å². The van der Waals surface area contributed by atoms with E-state index in [1.165, 1.54) is 12.1 Å². The van der Waals surface area contributed by atoms with Crippen LogP contribution in [0.3, 0.4) is 0 Å². The van der Waals surface area contributed by atoms with Gasteiger partial charge in [-0.15, -0.1) is 0 Å². The number of aromatic amines is 1. The van der Waals surface area contributed by atoms with Gasteiger partial charge in [0, 0.05) is 5.39 Å². The second kappa shape index (κ2) is 2.64. The molecule has 1 N–H and O–H groups in total. The topological polar surface area (TPSA) is 15.8 Å². The maximum absolute atomic E-state index is 13.0. The van der Waals surface area contributed by atoms with Crippen LogP contribution >= 0.6 is 23.2 Å². The fourth-order valence-corrected chi connectivity index (χ4v) is 1.53. The molecular formula is C8H4Cl2FN. The third-order valence-corrected chi connectivity index (χ3v) is 2.19. The molecule has 1 aromatic heterocycles. The lowest BCUT2D eigenvalue weighted by Gasteiger charge is -1.93. The van der Waals surface area contributed by atoms with Gasteiger partial charge in [-0.3, -0.25) is 0 Å². The van der Waals surface area contributed by atoms with E-state index in [1.54, 1.807) is 6.07 Å². The van der Waals surface area contributed by atoms with Crippen molar-refractivity contribution in [2.45, 2.75) is 0 Å². The molecule has 0 aliphatic rings. The van der Waals surface area contributed by atoms with Crippen LogP contribution in [0.5, 0.6) is 0 Å². The minimum atomic E-state index is -0.346. The first-order valence-corrected chi connectivity index (χ1v) is 4.06. The van der Waals surface area contributed by atoms with Crippen LogP contribution in [0.2, 0.25) is 10.2 Å². The Bertz CT molecular complexity index is 397. The summed E-state index contributed by atoms with van der Waals surface area (Å²) in [6, 6.07) is 4.41. The molecule has 1 nitrogen and oxygen atoms in total. The second-order valence-corrected chi connectivity index (χ2v) is 3.25. The lowest BCUT2D eigenvalue weighted by molar-refractivity contribution is 0.637. The summed E-state index contributed by atoms with van der Waals surface area (Å²) >= 11 is 11.4. The Morgan fingerprint density at radius 2 is 2.00 bits per heavy atom. The van der Waals surface area contributed by atoms with Crippen LogP contribution in [0.1, 0.15) is 0 Å². The fraction of sp³-hybridized carbons (Fsp3) is 0. The van der Waals surface area contributed by atoms with Gasteiger partial charge in [-0.05, 0) is 18.2 Å². The molecule has 0 spiro atoms. The second-order valence-electron chi connectivity index (χ2n) is 2.44. The van der Waals surface area contributed by atoms with E-state index in [4.69, 9.17) is 23.2 Å². The molecule has 62 valence electrons. The average Bonchev–Trinajstić information content (AvgIpc) is 2.41. The molecule has 0 aliphatic carbocycles. The van der Waals surface area contributed by atoms with Gasteiger partial charge in [0.1, 0.15) is 11.0 Å². The van der Waals surface area contributed by atoms with Crippen molar-refractivity contribution in [1.29, 1.82) is 0 Å². The van der Waals surface area contributed by atoms with Crippen molar-refractivity contribution in [3.05, 3.63) is 34.2 Å². The highest BCUT2D eigenvalue weighted by molar-refractivity contribution is 6.37. The van der Waals surface area contributed by atoms with Gasteiger partial charge in [-0.2, -0.15) is 0 Å². The molecule has 0 saturated heterocycles. The predicted molar refractivity (Wildman–Crippen MR) is 48.3 cm³/mol. The van der Waals surface area contributed by atoms with Crippen molar-refractivity contribution < 1.29 is 4.39 Å². The Morgan fingerprint density at radius 3 is 2.67 bits per heavy atom. The number of hydrogen-bond acceptors (Lipinski definition) is 0. The summed E-state index contributed by atoms with van der Waals surface area (Å²) in [5.74, 6) is -0.346. The standard InChI is InChI=1S/C8H4Cl2FN/c9-5-1-2-6(11)8-4(5)3-7(10)12-8/h1-3,12H. The summed E-state index contributed by atoms with van der Waals surface area (Å²) < 4.78 is 13.0. The number of fused-ring (bicyclic) bond motifs is 1. The molecule has 0 saturated carbocycles. The van der Waals surface area contributed by atoms with Gasteiger partial charge in [0.25, 0.3) is 0 Å². The molecule has 2 aromatic rings. The zero-order chi connectivity index (χ0) is 8.72. The normalized spacial score (nSPS) is 10.9. The Hall–Kier alpha value is -0.730. The van der Waals surface area contributed by atoms with Crippen LogP contribution in [0, 0.1) is 5.82 Å². The van der Waals surface area contributed by atoms with Gasteiger partial charge in [0.15, 0.2) is 0 Å². The molecule has 0 amide bonds. The van der Waals surface area contributed by atoms with E-state index in [1.807, 2.05) is 0 Å². The third-order valence-electron chi connectivity index (χ3n) is 1.66. The molecule has 0 atom stereocenters. The molecule has 0 unspecified atom stereocenters. The van der Waals surface area contributed by atoms with Gasteiger partial charge in [0.2, 0.25) is 0 Å². The molecule has 0 fully saturated rings. The summed E-state index contributed by atoms with van der Waals surface area (Å²) in [5.41, 5.74) is 0.354. The van der Waals surface area contributed by atoms with Crippen LogP contribution in [0.25, 0.3) is 10.9 Å². The summed E-state index contributed by atoms with van der Waals surface area (Å²) in [6.45, 7) is 0. The molecule has 0 aliphatic heterocycles. The number of halogens is 3. The van der Waals surface area contributed by atoms with Crippen molar-refractivity contribution >= 4 is 34.1 Å². The Labute approximate surface area is 78.1 Å². The van der Waals surface area contributed by atoms with E-state index in [9.17, 15) is 4.39 Å². The van der Waals surface area contributed by atoms with Crippen molar-refractivity contribution in [1.82, 2.24) is 4.98 Å². The number of rotatable bonds is 0. The molecule has 1 aromatic carbocycles. The molecular weight excluding hydrogens is 200 g/mol. The molecule has 4 heteroatoms. The van der Waals surface area contributed by atoms with Gasteiger partial charge >= 0.3 is 0 Å². The van der Waals surface area contributed by atoms with Crippen LogP contribution < -0.4 is 0 Å². The van der Waals surface area contributed by atoms with Crippen LogP contribution in [0.15, 0.2) is 18.2 Å². The van der Waals surface area contributed by atoms with Gasteiger partial charge in [-0.1, -0.05) is 23.2 Å². The fourth-order valence-electron chi connectivity index (χ4n) is 1.12. The molecule has 1 heterocycles. The summed E-state index contributed by atoms with van der Waals surface area (Å²) in [4.78, 5) is 2.67. The lowest BCUT2D eigenvalue weighted by atomic mass is 10.2. The number of H-pyrrole nitrogens is 1. The SMILES string of the molecule is Fc1ccc(Cl)c2cc(Cl)[nH]c12. The minimum Gasteiger partial charge on any atom is -0.343 e. The van der Waals surface area contributed by atoms with Crippen molar-refractivity contribution in [2.75, 3.05) is 0 Å². The third kappa shape index (κ3) is 1.08. The summed E-state index contributed by atoms with van der Waals surface area (Å²) in [6.07, 6.45) is 0. The van der Waals surface area contributed by atoms with Crippen LogP contribution in [-0.2, 0) is 0 Å². The van der Waals surface area contributed by atoms with Gasteiger partial charge in [0.05, 0.1) is 10.5 Å². The first-order chi connectivity index (χ1) is 5.68. The molecule has 0 radical (unpaired) electrons. The summed E-state index contributed by atoms with van der Waals surface area (Å²) in [5, 5.41) is 1.49. The lowest BCUT2D eigenvalue weighted by Crippen LogP contribution is -1.76. The summed E-state index contributed by atoms with van der Waals surface area (Å²) in [7, 11) is 0. The monoisotopic (exact) mass is 203 g/mol. The van der Waals surface area contributed by atoms with E-state index < -0.39 is 0 Å². The maximum atomic E-state index is 13.0. The first kappa shape index (κ1) is 7.90. The smallest absolute Gasteiger partial charge is 0.147 e. The van der Waals surface area contributed by atoms with E-state index in [0.29, 0.717) is 21.1 Å². The number of hydrogen-bond donors (Lipinski definition) is 1. The Balaban J connectivity index is 2.93. The number of benzene rings is 1. The first-order valence-electron chi connectivity index (χ1n) is 3.30. The number of nitrogens with one attached hydrogen (secondary N) is 1. The minimum absolute atomic E-state index is 0.346. The highest BCUT2D eigenvalue weighted by Crippen LogP contribution is 2.27. The molecule has 2 rings (SSSR count). The average molecular weight is 204 g/mol. The van der Waals surface area contributed by atoms with E-state index in [0.717, 1.165) is 0 Å². The van der Waals surface area contributed by atoms with Crippen molar-refractivity contribution in [3.8, 4) is 0 Å². The zero-order valence-electron chi connectivity index (χ0n) is 5.87. The Kier molecular flexibility index (Phi) is 1.74. The van der Waals surface area contributed by atoms with E-state index in [-0.39, 0.29) is 5.82 Å². The quantitative estimate of drug-likeness (QED) is 0.674. The molecule has 0 bridgehead atoms.